The molecule has 0 saturated carbocycles. The number of hydrogen-bond donors (Lipinski definition) is 0. The Morgan fingerprint density at radius 1 is 1.12 bits per heavy atom. The molecule has 2 aliphatic carbocycles. The smallest absolute Gasteiger partial charge is 0.267 e. The van der Waals surface area contributed by atoms with Crippen LogP contribution in [0.25, 0.3) is 22.2 Å². The van der Waals surface area contributed by atoms with Crippen LogP contribution in [0.1, 0.15) is 18.1 Å². The highest BCUT2D eigenvalue weighted by Crippen LogP contribution is 2.38. The fourth-order valence-corrected chi connectivity index (χ4v) is 4.63. The Balaban J connectivity index is 1.62. The van der Waals surface area contributed by atoms with E-state index in [2.05, 4.69) is 11.1 Å². The largest absolute Gasteiger partial charge is 0.493 e. The van der Waals surface area contributed by atoms with Crippen LogP contribution >= 0.6 is 0 Å². The molecule has 0 radical (unpaired) electrons. The molecule has 0 N–H and O–H groups in total. The van der Waals surface area contributed by atoms with Gasteiger partial charge in [0, 0.05) is 23.7 Å². The summed E-state index contributed by atoms with van der Waals surface area (Å²) >= 11 is 0. The molecular weight excluding hydrogens is 428 g/mol. The molecule has 2 aromatic heterocycles. The summed E-state index contributed by atoms with van der Waals surface area (Å²) in [4.78, 5) is 18.5. The van der Waals surface area contributed by atoms with Gasteiger partial charge in [-0.3, -0.25) is 9.36 Å². The van der Waals surface area contributed by atoms with Crippen molar-refractivity contribution in [3.05, 3.63) is 90.0 Å². The van der Waals surface area contributed by atoms with Crippen molar-refractivity contribution in [2.24, 2.45) is 5.92 Å². The summed E-state index contributed by atoms with van der Waals surface area (Å²) in [5, 5.41) is 0.877. The summed E-state index contributed by atoms with van der Waals surface area (Å²) < 4.78 is 18.3. The summed E-state index contributed by atoms with van der Waals surface area (Å²) in [7, 11) is 3.23. The molecule has 0 aliphatic heterocycles. The van der Waals surface area contributed by atoms with Gasteiger partial charge in [0.1, 0.15) is 11.4 Å². The van der Waals surface area contributed by atoms with Gasteiger partial charge in [0.15, 0.2) is 11.5 Å². The van der Waals surface area contributed by atoms with Gasteiger partial charge in [-0.1, -0.05) is 30.4 Å². The van der Waals surface area contributed by atoms with Crippen LogP contribution in [0.5, 0.6) is 11.5 Å². The second-order valence-electron chi connectivity index (χ2n) is 8.07. The molecule has 0 spiro atoms. The first-order valence-corrected chi connectivity index (χ1v) is 11.3. The topological polar surface area (TPSA) is 62.6 Å². The Kier molecular flexibility index (Phi) is 5.80. The fraction of sp³-hybridized carbons (Fsp3) is 0.214. The lowest BCUT2D eigenvalue weighted by molar-refractivity contribution is 0.0945. The lowest BCUT2D eigenvalue weighted by Gasteiger charge is -2.26. The second-order valence-corrected chi connectivity index (χ2v) is 8.07. The molecule has 2 aliphatic rings. The SMILES string of the molecule is CCOC1=CCC2C=CC=CC2=C1C(=O)n1ccc2c(-c3ccc(OC)c(OC)c3)ccnc21. The molecule has 3 aromatic rings. The van der Waals surface area contributed by atoms with E-state index in [0.29, 0.717) is 35.1 Å². The molecule has 0 bridgehead atoms. The molecule has 2 heterocycles. The van der Waals surface area contributed by atoms with Gasteiger partial charge in [-0.15, -0.1) is 0 Å². The Bertz CT molecular complexity index is 1390. The number of nitrogens with zero attached hydrogens (tertiary/aromatic N) is 2. The number of rotatable bonds is 6. The van der Waals surface area contributed by atoms with E-state index in [1.807, 2.05) is 61.6 Å². The predicted molar refractivity (Wildman–Crippen MR) is 132 cm³/mol. The maximum atomic E-state index is 13.9. The van der Waals surface area contributed by atoms with Crippen LogP contribution in [0, 0.1) is 5.92 Å². The zero-order chi connectivity index (χ0) is 23.7. The Morgan fingerprint density at radius 2 is 1.97 bits per heavy atom. The number of allylic oxidation sites excluding steroid dienone is 7. The zero-order valence-corrected chi connectivity index (χ0v) is 19.4. The molecule has 1 aromatic carbocycles. The third-order valence-electron chi connectivity index (χ3n) is 6.24. The van der Waals surface area contributed by atoms with E-state index < -0.39 is 0 Å². The summed E-state index contributed by atoms with van der Waals surface area (Å²) in [6, 6.07) is 9.65. The van der Waals surface area contributed by atoms with Crippen molar-refractivity contribution in [3.8, 4) is 22.6 Å². The number of carbonyl (C=O) groups excluding carboxylic acids is 1. The number of ether oxygens (including phenoxy) is 3. The van der Waals surface area contributed by atoms with Crippen LogP contribution in [-0.4, -0.2) is 36.3 Å². The summed E-state index contributed by atoms with van der Waals surface area (Å²) in [5.74, 6) is 1.96. The summed E-state index contributed by atoms with van der Waals surface area (Å²) in [5.41, 5.74) is 4.08. The van der Waals surface area contributed by atoms with Crippen molar-refractivity contribution in [2.45, 2.75) is 13.3 Å². The fourth-order valence-electron chi connectivity index (χ4n) is 4.63. The van der Waals surface area contributed by atoms with Gasteiger partial charge >= 0.3 is 0 Å². The molecule has 34 heavy (non-hydrogen) atoms. The number of pyridine rings is 1. The number of benzene rings is 1. The van der Waals surface area contributed by atoms with Crippen molar-refractivity contribution < 1.29 is 19.0 Å². The Labute approximate surface area is 198 Å². The van der Waals surface area contributed by atoms with E-state index in [9.17, 15) is 4.79 Å². The molecule has 0 fully saturated rings. The maximum Gasteiger partial charge on any atom is 0.267 e. The highest BCUT2D eigenvalue weighted by molar-refractivity contribution is 6.06. The second kappa shape index (κ2) is 9.06. The quantitative estimate of drug-likeness (QED) is 0.476. The average molecular weight is 455 g/mol. The zero-order valence-electron chi connectivity index (χ0n) is 19.4. The number of fused-ring (bicyclic) bond motifs is 2. The highest BCUT2D eigenvalue weighted by Gasteiger charge is 2.30. The first kappa shape index (κ1) is 21.8. The van der Waals surface area contributed by atoms with Gasteiger partial charge in [0.2, 0.25) is 0 Å². The first-order chi connectivity index (χ1) is 16.7. The minimum Gasteiger partial charge on any atom is -0.493 e. The van der Waals surface area contributed by atoms with Crippen LogP contribution in [0.2, 0.25) is 0 Å². The van der Waals surface area contributed by atoms with Crippen LogP contribution in [-0.2, 0) is 4.74 Å². The summed E-state index contributed by atoms with van der Waals surface area (Å²) in [6.45, 7) is 2.42. The van der Waals surface area contributed by atoms with E-state index in [1.54, 1.807) is 31.2 Å². The van der Waals surface area contributed by atoms with E-state index in [1.165, 1.54) is 0 Å². The van der Waals surface area contributed by atoms with Gasteiger partial charge in [-0.05, 0) is 60.4 Å². The molecule has 5 rings (SSSR count). The normalized spacial score (nSPS) is 16.9. The van der Waals surface area contributed by atoms with Crippen LogP contribution in [0.3, 0.4) is 0 Å². The molecule has 1 unspecified atom stereocenters. The van der Waals surface area contributed by atoms with Gasteiger partial charge in [0.05, 0.1) is 26.4 Å². The van der Waals surface area contributed by atoms with Crippen LogP contribution in [0.4, 0.5) is 0 Å². The minimum atomic E-state index is -0.147. The number of hydrogen-bond acceptors (Lipinski definition) is 5. The minimum absolute atomic E-state index is 0.147. The highest BCUT2D eigenvalue weighted by atomic mass is 16.5. The monoisotopic (exact) mass is 454 g/mol. The third-order valence-corrected chi connectivity index (χ3v) is 6.24. The lowest BCUT2D eigenvalue weighted by atomic mass is 9.83. The van der Waals surface area contributed by atoms with E-state index in [0.717, 1.165) is 28.5 Å². The molecule has 1 atom stereocenters. The van der Waals surface area contributed by atoms with E-state index in [4.69, 9.17) is 14.2 Å². The van der Waals surface area contributed by atoms with Gasteiger partial charge in [0.25, 0.3) is 5.91 Å². The number of carbonyl (C=O) groups is 1. The van der Waals surface area contributed by atoms with Crippen molar-refractivity contribution in [1.82, 2.24) is 9.55 Å². The standard InChI is InChI=1S/C28H26N2O4/c1-4-34-24-12-9-18-7-5-6-8-21(18)26(24)28(31)30-16-14-22-20(13-15-29-27(22)30)19-10-11-23(32-2)25(17-19)33-3/h5-8,10-18H,4,9H2,1-3H3. The third kappa shape index (κ3) is 3.61. The average Bonchev–Trinajstić information content (AvgIpc) is 3.32. The van der Waals surface area contributed by atoms with Gasteiger partial charge < -0.3 is 14.2 Å². The van der Waals surface area contributed by atoms with Gasteiger partial charge in [-0.2, -0.15) is 0 Å². The summed E-state index contributed by atoms with van der Waals surface area (Å²) in [6.07, 6.45) is 14.5. The van der Waals surface area contributed by atoms with Crippen molar-refractivity contribution in [3.63, 3.8) is 0 Å². The van der Waals surface area contributed by atoms with Crippen LogP contribution in [0.15, 0.2) is 90.0 Å². The van der Waals surface area contributed by atoms with Crippen molar-refractivity contribution in [2.75, 3.05) is 20.8 Å². The number of methoxy groups -OCH3 is 2. The molecule has 172 valence electrons. The Morgan fingerprint density at radius 3 is 2.76 bits per heavy atom. The lowest BCUT2D eigenvalue weighted by Crippen LogP contribution is -2.22. The molecular formula is C28H26N2O4. The molecule has 6 nitrogen and oxygen atoms in total. The van der Waals surface area contributed by atoms with Gasteiger partial charge in [-0.25, -0.2) is 4.98 Å². The molecule has 0 saturated heterocycles. The Hall–Kier alpha value is -4.06. The van der Waals surface area contributed by atoms with Crippen LogP contribution < -0.4 is 9.47 Å². The predicted octanol–water partition coefficient (Wildman–Crippen LogP) is 5.72. The first-order valence-electron chi connectivity index (χ1n) is 11.3. The maximum absolute atomic E-state index is 13.9. The molecule has 0 amide bonds. The van der Waals surface area contributed by atoms with Crippen molar-refractivity contribution in [1.29, 1.82) is 0 Å². The van der Waals surface area contributed by atoms with E-state index >= 15 is 0 Å². The van der Waals surface area contributed by atoms with E-state index in [-0.39, 0.29) is 11.8 Å². The molecule has 6 heteroatoms. The van der Waals surface area contributed by atoms with Crippen molar-refractivity contribution >= 4 is 16.9 Å². The number of aromatic nitrogens is 2.